The summed E-state index contributed by atoms with van der Waals surface area (Å²) < 4.78 is 5.85. The summed E-state index contributed by atoms with van der Waals surface area (Å²) in [5, 5.41) is 9.66. The van der Waals surface area contributed by atoms with E-state index in [1.165, 1.54) is 0 Å². The predicted octanol–water partition coefficient (Wildman–Crippen LogP) is 7.15. The van der Waals surface area contributed by atoms with E-state index in [9.17, 15) is 14.7 Å². The Kier molecular flexibility index (Phi) is 8.30. The number of ketones is 1. The molecule has 4 aromatic carbocycles. The van der Waals surface area contributed by atoms with Crippen molar-refractivity contribution in [2.45, 2.75) is 32.8 Å². The summed E-state index contributed by atoms with van der Waals surface area (Å²) in [6.45, 7) is 2.53. The van der Waals surface area contributed by atoms with E-state index < -0.39 is 11.9 Å². The van der Waals surface area contributed by atoms with Crippen molar-refractivity contribution < 1.29 is 19.4 Å². The Morgan fingerprint density at radius 2 is 1.42 bits per heavy atom. The van der Waals surface area contributed by atoms with Crippen molar-refractivity contribution in [2.24, 2.45) is 5.92 Å². The molecule has 36 heavy (non-hydrogen) atoms. The van der Waals surface area contributed by atoms with Crippen LogP contribution in [-0.2, 0) is 17.8 Å². The number of carbonyl (C=O) groups is 2. The van der Waals surface area contributed by atoms with Gasteiger partial charge in [0.15, 0.2) is 5.78 Å². The lowest BCUT2D eigenvalue weighted by atomic mass is 9.91. The second-order valence-corrected chi connectivity index (χ2v) is 9.07. The summed E-state index contributed by atoms with van der Waals surface area (Å²) in [6.07, 6.45) is 1.06. The molecule has 0 fully saturated rings. The van der Waals surface area contributed by atoms with Crippen LogP contribution in [0.2, 0.25) is 0 Å². The number of carboxylic acids is 1. The van der Waals surface area contributed by atoms with Crippen molar-refractivity contribution in [1.29, 1.82) is 0 Å². The fraction of sp³-hybridized carbons (Fsp3) is 0.188. The number of aryl methyl sites for hydroxylation is 2. The Labute approximate surface area is 212 Å². The van der Waals surface area contributed by atoms with Crippen molar-refractivity contribution in [1.82, 2.24) is 0 Å². The molecular formula is C32H30O4. The lowest BCUT2D eigenvalue weighted by molar-refractivity contribution is -0.141. The fourth-order valence-electron chi connectivity index (χ4n) is 4.20. The molecule has 1 N–H and O–H groups in total. The third kappa shape index (κ3) is 6.92. The number of hydrogen-bond acceptors (Lipinski definition) is 3. The third-order valence-electron chi connectivity index (χ3n) is 6.29. The van der Waals surface area contributed by atoms with Gasteiger partial charge in [-0.25, -0.2) is 0 Å². The van der Waals surface area contributed by atoms with Gasteiger partial charge >= 0.3 is 5.97 Å². The highest BCUT2D eigenvalue weighted by Gasteiger charge is 2.22. The van der Waals surface area contributed by atoms with Crippen LogP contribution in [0, 0.1) is 12.8 Å². The van der Waals surface area contributed by atoms with Gasteiger partial charge in [-0.15, -0.1) is 0 Å². The van der Waals surface area contributed by atoms with E-state index >= 15 is 0 Å². The molecule has 0 spiro atoms. The topological polar surface area (TPSA) is 63.6 Å². The molecule has 0 aromatic heterocycles. The number of rotatable bonds is 11. The molecular weight excluding hydrogens is 448 g/mol. The van der Waals surface area contributed by atoms with E-state index in [0.717, 1.165) is 33.6 Å². The standard InChI is InChI=1S/C32H30O4/c1-23-6-5-9-24(20-23)10-11-29(32(34)35)21-31(33)28-14-12-26(13-15-28)27-16-18-30(19-17-27)36-22-25-7-3-2-4-8-25/h2-9,12-20,29H,10-11,21-22H2,1H3,(H,34,35). The van der Waals surface area contributed by atoms with Crippen molar-refractivity contribution in [3.63, 3.8) is 0 Å². The minimum atomic E-state index is -0.929. The van der Waals surface area contributed by atoms with E-state index in [0.29, 0.717) is 25.0 Å². The first-order chi connectivity index (χ1) is 17.5. The lowest BCUT2D eigenvalue weighted by Crippen LogP contribution is -2.19. The van der Waals surface area contributed by atoms with Gasteiger partial charge in [0.1, 0.15) is 12.4 Å². The van der Waals surface area contributed by atoms with Crippen LogP contribution in [0.1, 0.15) is 39.9 Å². The van der Waals surface area contributed by atoms with Gasteiger partial charge in [-0.3, -0.25) is 9.59 Å². The predicted molar refractivity (Wildman–Crippen MR) is 142 cm³/mol. The molecule has 0 saturated carbocycles. The zero-order valence-corrected chi connectivity index (χ0v) is 20.4. The van der Waals surface area contributed by atoms with Crippen LogP contribution < -0.4 is 4.74 Å². The van der Waals surface area contributed by atoms with Crippen molar-refractivity contribution in [3.05, 3.63) is 125 Å². The number of carboxylic acid groups (broad SMARTS) is 1. The highest BCUT2D eigenvalue weighted by molar-refractivity contribution is 5.98. The van der Waals surface area contributed by atoms with Gasteiger partial charge in [-0.2, -0.15) is 0 Å². The second-order valence-electron chi connectivity index (χ2n) is 9.07. The summed E-state index contributed by atoms with van der Waals surface area (Å²) >= 11 is 0. The number of hydrogen-bond donors (Lipinski definition) is 1. The molecule has 4 nitrogen and oxygen atoms in total. The zero-order chi connectivity index (χ0) is 25.3. The van der Waals surface area contributed by atoms with Crippen LogP contribution in [0.15, 0.2) is 103 Å². The van der Waals surface area contributed by atoms with Crippen molar-refractivity contribution in [3.8, 4) is 16.9 Å². The molecule has 0 amide bonds. The fourth-order valence-corrected chi connectivity index (χ4v) is 4.20. The average molecular weight is 479 g/mol. The molecule has 0 radical (unpaired) electrons. The molecule has 0 aliphatic heterocycles. The van der Waals surface area contributed by atoms with Gasteiger partial charge in [0.2, 0.25) is 0 Å². The van der Waals surface area contributed by atoms with E-state index in [-0.39, 0.29) is 12.2 Å². The molecule has 1 atom stereocenters. The third-order valence-corrected chi connectivity index (χ3v) is 6.29. The van der Waals surface area contributed by atoms with Crippen LogP contribution in [0.3, 0.4) is 0 Å². The van der Waals surface area contributed by atoms with E-state index in [1.807, 2.05) is 91.9 Å². The molecule has 0 aliphatic rings. The number of carbonyl (C=O) groups excluding carboxylic acids is 1. The van der Waals surface area contributed by atoms with Gasteiger partial charge in [-0.1, -0.05) is 96.6 Å². The summed E-state index contributed by atoms with van der Waals surface area (Å²) in [5.41, 5.74) is 5.88. The normalized spacial score (nSPS) is 11.6. The van der Waals surface area contributed by atoms with Crippen LogP contribution in [-0.4, -0.2) is 16.9 Å². The summed E-state index contributed by atoms with van der Waals surface area (Å²) in [6, 6.07) is 33.2. The summed E-state index contributed by atoms with van der Waals surface area (Å²) in [4.78, 5) is 24.6. The van der Waals surface area contributed by atoms with Crippen LogP contribution in [0.4, 0.5) is 0 Å². The maximum absolute atomic E-state index is 12.8. The van der Waals surface area contributed by atoms with Gasteiger partial charge in [0.05, 0.1) is 5.92 Å². The average Bonchev–Trinajstić information content (AvgIpc) is 2.90. The van der Waals surface area contributed by atoms with Crippen molar-refractivity contribution in [2.75, 3.05) is 0 Å². The number of Topliss-reactive ketones (excluding diaryl/α,β-unsaturated/α-hetero) is 1. The number of aliphatic carboxylic acids is 1. The maximum Gasteiger partial charge on any atom is 0.306 e. The summed E-state index contributed by atoms with van der Waals surface area (Å²) in [5.74, 6) is -0.994. The Bertz CT molecular complexity index is 1290. The summed E-state index contributed by atoms with van der Waals surface area (Å²) in [7, 11) is 0. The van der Waals surface area contributed by atoms with E-state index in [2.05, 4.69) is 6.07 Å². The minimum absolute atomic E-state index is 0.00601. The number of ether oxygens (including phenoxy) is 1. The molecule has 4 rings (SSSR count). The second kappa shape index (κ2) is 12.0. The SMILES string of the molecule is Cc1cccc(CCC(CC(=O)c2ccc(-c3ccc(OCc4ccccc4)cc3)cc2)C(=O)O)c1. The highest BCUT2D eigenvalue weighted by Crippen LogP contribution is 2.25. The van der Waals surface area contributed by atoms with Gasteiger partial charge in [0, 0.05) is 12.0 Å². The molecule has 0 aliphatic carbocycles. The Balaban J connectivity index is 1.34. The Morgan fingerprint density at radius 3 is 2.06 bits per heavy atom. The minimum Gasteiger partial charge on any atom is -0.489 e. The van der Waals surface area contributed by atoms with Gasteiger partial charge in [0.25, 0.3) is 0 Å². The monoisotopic (exact) mass is 478 g/mol. The smallest absolute Gasteiger partial charge is 0.306 e. The van der Waals surface area contributed by atoms with Crippen LogP contribution >= 0.6 is 0 Å². The molecule has 182 valence electrons. The molecule has 4 aromatic rings. The first-order valence-electron chi connectivity index (χ1n) is 12.2. The molecule has 0 saturated heterocycles. The van der Waals surface area contributed by atoms with Crippen molar-refractivity contribution >= 4 is 11.8 Å². The largest absolute Gasteiger partial charge is 0.489 e. The molecule has 0 heterocycles. The van der Waals surface area contributed by atoms with E-state index in [1.54, 1.807) is 12.1 Å². The maximum atomic E-state index is 12.8. The highest BCUT2D eigenvalue weighted by atomic mass is 16.5. The van der Waals surface area contributed by atoms with Crippen LogP contribution in [0.5, 0.6) is 5.75 Å². The lowest BCUT2D eigenvalue weighted by Gasteiger charge is -2.12. The number of benzene rings is 4. The first kappa shape index (κ1) is 24.9. The Hall–Kier alpha value is -4.18. The van der Waals surface area contributed by atoms with E-state index in [4.69, 9.17) is 4.74 Å². The quantitative estimate of drug-likeness (QED) is 0.233. The molecule has 0 bridgehead atoms. The van der Waals surface area contributed by atoms with Gasteiger partial charge < -0.3 is 9.84 Å². The van der Waals surface area contributed by atoms with Crippen LogP contribution in [0.25, 0.3) is 11.1 Å². The Morgan fingerprint density at radius 1 is 0.778 bits per heavy atom. The molecule has 4 heteroatoms. The molecule has 1 unspecified atom stereocenters. The first-order valence-corrected chi connectivity index (χ1v) is 12.2. The van der Waals surface area contributed by atoms with Gasteiger partial charge in [-0.05, 0) is 54.2 Å². The zero-order valence-electron chi connectivity index (χ0n) is 20.4.